The molecule has 0 spiro atoms. The Labute approximate surface area is 94.8 Å². The molecule has 0 heterocycles. The van der Waals surface area contributed by atoms with E-state index >= 15 is 0 Å². The fraction of sp³-hybridized carbons (Fsp3) is 0.100. The van der Waals surface area contributed by atoms with Crippen LogP contribution in [0.3, 0.4) is 0 Å². The van der Waals surface area contributed by atoms with Crippen LogP contribution in [0.2, 0.25) is 0 Å². The van der Waals surface area contributed by atoms with E-state index in [1.54, 1.807) is 6.08 Å². The Morgan fingerprint density at radius 2 is 2.21 bits per heavy atom. The van der Waals surface area contributed by atoms with Crippen LogP contribution in [-0.2, 0) is 0 Å². The average Bonchev–Trinajstić information content (AvgIpc) is 2.18. The first kappa shape index (κ1) is 11.1. The Balaban J connectivity index is 2.56. The van der Waals surface area contributed by atoms with Crippen LogP contribution < -0.4 is 10.6 Å². The van der Waals surface area contributed by atoms with E-state index in [0.717, 1.165) is 10.6 Å². The number of hydrogen-bond acceptors (Lipinski definition) is 2. The number of thiol groups is 1. The quantitative estimate of drug-likeness (QED) is 0.418. The van der Waals surface area contributed by atoms with Crippen molar-refractivity contribution in [3.63, 3.8) is 0 Å². The second-order valence-electron chi connectivity index (χ2n) is 2.64. The second kappa shape index (κ2) is 5.67. The largest absolute Gasteiger partial charge is 0.359 e. The number of thiocarbonyl (C=S) groups is 1. The Kier molecular flexibility index (Phi) is 4.49. The number of nitrogens with one attached hydrogen (secondary N) is 2. The molecule has 0 unspecified atom stereocenters. The van der Waals surface area contributed by atoms with Gasteiger partial charge in [-0.1, -0.05) is 18.2 Å². The third-order valence-electron chi connectivity index (χ3n) is 1.56. The molecule has 0 amide bonds. The Bertz CT molecular complexity index is 337. The summed E-state index contributed by atoms with van der Waals surface area (Å²) in [6.45, 7) is 4.25. The molecule has 1 aromatic rings. The van der Waals surface area contributed by atoms with Gasteiger partial charge in [0.25, 0.3) is 0 Å². The van der Waals surface area contributed by atoms with E-state index in [4.69, 9.17) is 12.2 Å². The molecule has 2 nitrogen and oxygen atoms in total. The van der Waals surface area contributed by atoms with E-state index in [-0.39, 0.29) is 0 Å². The van der Waals surface area contributed by atoms with E-state index in [1.165, 1.54) is 0 Å². The van der Waals surface area contributed by atoms with Crippen LogP contribution >= 0.6 is 24.8 Å². The first-order chi connectivity index (χ1) is 6.74. The summed E-state index contributed by atoms with van der Waals surface area (Å²) in [5, 5.41) is 6.59. The topological polar surface area (TPSA) is 24.1 Å². The van der Waals surface area contributed by atoms with Gasteiger partial charge in [0.05, 0.1) is 5.69 Å². The zero-order valence-electron chi connectivity index (χ0n) is 7.66. The maximum Gasteiger partial charge on any atom is 0.171 e. The van der Waals surface area contributed by atoms with E-state index in [0.29, 0.717) is 11.7 Å². The van der Waals surface area contributed by atoms with Gasteiger partial charge in [-0.2, -0.15) is 0 Å². The Morgan fingerprint density at radius 3 is 2.86 bits per heavy atom. The number of anilines is 1. The van der Waals surface area contributed by atoms with Crippen molar-refractivity contribution in [1.82, 2.24) is 5.32 Å². The number of hydrogen-bond donors (Lipinski definition) is 3. The summed E-state index contributed by atoms with van der Waals surface area (Å²) >= 11 is 9.35. The minimum absolute atomic E-state index is 0.575. The summed E-state index contributed by atoms with van der Waals surface area (Å²) in [5.74, 6) is 0. The minimum Gasteiger partial charge on any atom is -0.359 e. The molecule has 0 aliphatic carbocycles. The van der Waals surface area contributed by atoms with Crippen molar-refractivity contribution in [2.45, 2.75) is 4.90 Å². The van der Waals surface area contributed by atoms with Gasteiger partial charge in [0.2, 0.25) is 0 Å². The highest BCUT2D eigenvalue weighted by atomic mass is 32.1. The summed E-state index contributed by atoms with van der Waals surface area (Å²) in [6, 6.07) is 7.68. The molecule has 0 saturated carbocycles. The predicted molar refractivity (Wildman–Crippen MR) is 68.1 cm³/mol. The van der Waals surface area contributed by atoms with Crippen LogP contribution in [0, 0.1) is 0 Å². The smallest absolute Gasteiger partial charge is 0.171 e. The molecule has 0 saturated heterocycles. The maximum absolute atomic E-state index is 5.06. The normalized spacial score (nSPS) is 9.21. The molecule has 0 atom stereocenters. The van der Waals surface area contributed by atoms with Crippen molar-refractivity contribution >= 4 is 35.6 Å². The molecule has 0 fully saturated rings. The van der Waals surface area contributed by atoms with Crippen LogP contribution in [0.5, 0.6) is 0 Å². The third-order valence-corrected chi connectivity index (χ3v) is 2.20. The van der Waals surface area contributed by atoms with Gasteiger partial charge in [-0.15, -0.1) is 19.2 Å². The highest BCUT2D eigenvalue weighted by molar-refractivity contribution is 7.81. The lowest BCUT2D eigenvalue weighted by molar-refractivity contribution is 1.06. The van der Waals surface area contributed by atoms with E-state index in [2.05, 4.69) is 29.8 Å². The van der Waals surface area contributed by atoms with Gasteiger partial charge in [0, 0.05) is 11.4 Å². The van der Waals surface area contributed by atoms with Crippen LogP contribution in [0.25, 0.3) is 0 Å². The van der Waals surface area contributed by atoms with Crippen LogP contribution in [-0.4, -0.2) is 11.7 Å². The minimum atomic E-state index is 0.575. The van der Waals surface area contributed by atoms with Crippen LogP contribution in [0.1, 0.15) is 0 Å². The molecule has 0 aliphatic rings. The second-order valence-corrected chi connectivity index (χ2v) is 3.53. The van der Waals surface area contributed by atoms with Crippen molar-refractivity contribution in [3.05, 3.63) is 36.9 Å². The van der Waals surface area contributed by atoms with Gasteiger partial charge in [-0.25, -0.2) is 0 Å². The van der Waals surface area contributed by atoms with Gasteiger partial charge in [0.15, 0.2) is 5.11 Å². The zero-order chi connectivity index (χ0) is 10.4. The van der Waals surface area contributed by atoms with Gasteiger partial charge < -0.3 is 10.6 Å². The van der Waals surface area contributed by atoms with Gasteiger partial charge in [-0.05, 0) is 24.4 Å². The maximum atomic E-state index is 5.06. The number of rotatable bonds is 3. The molecule has 4 heteroatoms. The van der Waals surface area contributed by atoms with Crippen molar-refractivity contribution in [1.29, 1.82) is 0 Å². The Morgan fingerprint density at radius 1 is 1.50 bits per heavy atom. The number of para-hydroxylation sites is 1. The molecular formula is C10H12N2S2. The molecule has 1 aromatic carbocycles. The molecule has 0 aromatic heterocycles. The molecule has 74 valence electrons. The molecule has 14 heavy (non-hydrogen) atoms. The average molecular weight is 224 g/mol. The van der Waals surface area contributed by atoms with Crippen molar-refractivity contribution in [2.24, 2.45) is 0 Å². The highest BCUT2D eigenvalue weighted by Gasteiger charge is 1.98. The van der Waals surface area contributed by atoms with Gasteiger partial charge in [-0.3, -0.25) is 0 Å². The predicted octanol–water partition coefficient (Wildman–Crippen LogP) is 2.45. The zero-order valence-corrected chi connectivity index (χ0v) is 9.37. The monoisotopic (exact) mass is 224 g/mol. The summed E-state index contributed by atoms with van der Waals surface area (Å²) in [4.78, 5) is 0.871. The molecule has 0 aliphatic heterocycles. The van der Waals surface area contributed by atoms with Crippen LogP contribution in [0.4, 0.5) is 5.69 Å². The van der Waals surface area contributed by atoms with Gasteiger partial charge >= 0.3 is 0 Å². The van der Waals surface area contributed by atoms with Crippen LogP contribution in [0.15, 0.2) is 41.8 Å². The van der Waals surface area contributed by atoms with Crippen molar-refractivity contribution in [2.75, 3.05) is 11.9 Å². The van der Waals surface area contributed by atoms with E-state index < -0.39 is 0 Å². The highest BCUT2D eigenvalue weighted by Crippen LogP contribution is 2.17. The third kappa shape index (κ3) is 3.40. The molecule has 0 bridgehead atoms. The lowest BCUT2D eigenvalue weighted by atomic mass is 10.3. The first-order valence-corrected chi connectivity index (χ1v) is 5.03. The van der Waals surface area contributed by atoms with Gasteiger partial charge in [0.1, 0.15) is 0 Å². The fourth-order valence-electron chi connectivity index (χ4n) is 0.911. The molecular weight excluding hydrogens is 212 g/mol. The lowest BCUT2D eigenvalue weighted by Gasteiger charge is -2.10. The van der Waals surface area contributed by atoms with Crippen molar-refractivity contribution in [3.8, 4) is 0 Å². The Hall–Kier alpha value is -1.00. The standard InChI is InChI=1S/C10H12N2S2/c1-2-7-11-10(14)12-8-5-3-4-6-9(8)13/h2-6,13H,1,7H2,(H2,11,12,14). The fourth-order valence-corrected chi connectivity index (χ4v) is 1.32. The lowest BCUT2D eigenvalue weighted by Crippen LogP contribution is -2.28. The van der Waals surface area contributed by atoms with E-state index in [1.807, 2.05) is 24.3 Å². The van der Waals surface area contributed by atoms with Crippen molar-refractivity contribution < 1.29 is 0 Å². The molecule has 1 rings (SSSR count). The summed E-state index contributed by atoms with van der Waals surface area (Å²) in [6.07, 6.45) is 1.75. The summed E-state index contributed by atoms with van der Waals surface area (Å²) in [7, 11) is 0. The summed E-state index contributed by atoms with van der Waals surface area (Å²) in [5.41, 5.74) is 0.900. The first-order valence-electron chi connectivity index (χ1n) is 4.18. The number of benzene rings is 1. The molecule has 0 radical (unpaired) electrons. The SMILES string of the molecule is C=CCNC(=S)Nc1ccccc1S. The van der Waals surface area contributed by atoms with E-state index in [9.17, 15) is 0 Å². The molecule has 2 N–H and O–H groups in total. The summed E-state index contributed by atoms with van der Waals surface area (Å²) < 4.78 is 0.